The Kier molecular flexibility index (Phi) is 4.35. The maximum absolute atomic E-state index is 11.0. The van der Waals surface area contributed by atoms with E-state index in [9.17, 15) is 4.79 Å². The van der Waals surface area contributed by atoms with Gasteiger partial charge < -0.3 is 4.74 Å². The summed E-state index contributed by atoms with van der Waals surface area (Å²) in [6.45, 7) is 5.10. The van der Waals surface area contributed by atoms with E-state index in [1.807, 2.05) is 30.3 Å². The van der Waals surface area contributed by atoms with Gasteiger partial charge in [0.05, 0.1) is 6.26 Å². The zero-order chi connectivity index (χ0) is 11.1. The minimum atomic E-state index is -0.390. The highest BCUT2D eigenvalue weighted by Crippen LogP contribution is 2.00. The number of carbonyl (C=O) groups is 1. The molecule has 0 aliphatic heterocycles. The van der Waals surface area contributed by atoms with Gasteiger partial charge in [-0.05, 0) is 25.0 Å². The molecule has 0 unspecified atom stereocenters. The molecule has 0 aromatic heterocycles. The van der Waals surface area contributed by atoms with Gasteiger partial charge in [-0.15, -0.1) is 0 Å². The summed E-state index contributed by atoms with van der Waals surface area (Å²) in [5.74, 6) is -0.390. The van der Waals surface area contributed by atoms with Crippen molar-refractivity contribution in [2.45, 2.75) is 13.3 Å². The predicted molar refractivity (Wildman–Crippen MR) is 60.2 cm³/mol. The molecule has 0 radical (unpaired) electrons. The molecule has 15 heavy (non-hydrogen) atoms. The van der Waals surface area contributed by atoms with Crippen LogP contribution in [0.2, 0.25) is 0 Å². The molecule has 1 aromatic carbocycles. The summed E-state index contributed by atoms with van der Waals surface area (Å²) < 4.78 is 4.81. The van der Waals surface area contributed by atoms with Crippen LogP contribution in [-0.4, -0.2) is 5.97 Å². The third kappa shape index (κ3) is 4.27. The number of ether oxygens (including phenoxy) is 1. The highest BCUT2D eigenvalue weighted by Gasteiger charge is 1.98. The van der Waals surface area contributed by atoms with Crippen molar-refractivity contribution in [3.8, 4) is 0 Å². The van der Waals surface area contributed by atoms with Crippen molar-refractivity contribution in [3.05, 3.63) is 60.4 Å². The van der Waals surface area contributed by atoms with Crippen molar-refractivity contribution in [3.63, 3.8) is 0 Å². The lowest BCUT2D eigenvalue weighted by molar-refractivity contribution is -0.133. The summed E-state index contributed by atoms with van der Waals surface area (Å²) in [4.78, 5) is 11.0. The van der Waals surface area contributed by atoms with Gasteiger partial charge >= 0.3 is 5.97 Å². The number of hydrogen-bond donors (Lipinski definition) is 0. The fourth-order valence-electron chi connectivity index (χ4n) is 1.01. The average Bonchev–Trinajstić information content (AvgIpc) is 2.25. The molecule has 2 heteroatoms. The van der Waals surface area contributed by atoms with E-state index < -0.39 is 0 Å². The van der Waals surface area contributed by atoms with Gasteiger partial charge in [0.25, 0.3) is 0 Å². The second-order valence-corrected chi connectivity index (χ2v) is 3.25. The van der Waals surface area contributed by atoms with Crippen molar-refractivity contribution < 1.29 is 9.53 Å². The summed E-state index contributed by atoms with van der Waals surface area (Å²) in [5, 5.41) is 0. The van der Waals surface area contributed by atoms with Crippen molar-refractivity contribution in [2.24, 2.45) is 0 Å². The molecule has 0 bridgehead atoms. The molecule has 0 heterocycles. The van der Waals surface area contributed by atoms with Gasteiger partial charge in [-0.3, -0.25) is 0 Å². The second kappa shape index (κ2) is 5.81. The van der Waals surface area contributed by atoms with Crippen LogP contribution in [0.15, 0.2) is 54.8 Å². The van der Waals surface area contributed by atoms with Crippen LogP contribution >= 0.6 is 0 Å². The monoisotopic (exact) mass is 202 g/mol. The van der Waals surface area contributed by atoms with E-state index in [1.54, 1.807) is 13.0 Å². The molecule has 2 nitrogen and oxygen atoms in total. The van der Waals surface area contributed by atoms with Crippen molar-refractivity contribution in [1.82, 2.24) is 0 Å². The van der Waals surface area contributed by atoms with Crippen molar-refractivity contribution in [2.75, 3.05) is 0 Å². The Morgan fingerprint density at radius 2 is 2.07 bits per heavy atom. The Bertz CT molecular complexity index is 363. The summed E-state index contributed by atoms with van der Waals surface area (Å²) >= 11 is 0. The van der Waals surface area contributed by atoms with Gasteiger partial charge in [0.2, 0.25) is 0 Å². The number of allylic oxidation sites excluding steroid dienone is 1. The van der Waals surface area contributed by atoms with Gasteiger partial charge in [0.1, 0.15) is 0 Å². The molecular weight excluding hydrogens is 188 g/mol. The van der Waals surface area contributed by atoms with Gasteiger partial charge in [-0.1, -0.05) is 36.9 Å². The Labute approximate surface area is 89.9 Å². The summed E-state index contributed by atoms with van der Waals surface area (Å²) in [6.07, 6.45) is 3.96. The summed E-state index contributed by atoms with van der Waals surface area (Å²) in [7, 11) is 0. The second-order valence-electron chi connectivity index (χ2n) is 3.25. The fourth-order valence-corrected chi connectivity index (χ4v) is 1.01. The molecule has 1 aromatic rings. The molecule has 78 valence electrons. The molecule has 0 spiro atoms. The SMILES string of the molecule is C=C(C)C(=O)OC=CCc1ccccc1. The summed E-state index contributed by atoms with van der Waals surface area (Å²) in [5.41, 5.74) is 1.58. The zero-order valence-corrected chi connectivity index (χ0v) is 8.77. The van der Waals surface area contributed by atoms with Crippen LogP contribution in [0.3, 0.4) is 0 Å². The zero-order valence-electron chi connectivity index (χ0n) is 8.77. The molecule has 0 amide bonds. The number of hydrogen-bond acceptors (Lipinski definition) is 2. The van der Waals surface area contributed by atoms with Crippen LogP contribution in [0, 0.1) is 0 Å². The lowest BCUT2D eigenvalue weighted by Crippen LogP contribution is -1.99. The fraction of sp³-hybridized carbons (Fsp3) is 0.154. The first-order chi connectivity index (χ1) is 7.20. The van der Waals surface area contributed by atoms with Gasteiger partial charge in [0, 0.05) is 5.57 Å². The van der Waals surface area contributed by atoms with Gasteiger partial charge in [-0.2, -0.15) is 0 Å². The van der Waals surface area contributed by atoms with Crippen LogP contribution in [0.4, 0.5) is 0 Å². The molecule has 0 N–H and O–H groups in total. The molecule has 0 aliphatic carbocycles. The normalized spacial score (nSPS) is 10.2. The topological polar surface area (TPSA) is 26.3 Å². The largest absolute Gasteiger partial charge is 0.431 e. The first-order valence-electron chi connectivity index (χ1n) is 4.75. The minimum absolute atomic E-state index is 0.390. The van der Waals surface area contributed by atoms with E-state index in [-0.39, 0.29) is 5.97 Å². The lowest BCUT2D eigenvalue weighted by atomic mass is 10.2. The van der Waals surface area contributed by atoms with E-state index in [2.05, 4.69) is 6.58 Å². The minimum Gasteiger partial charge on any atom is -0.431 e. The Morgan fingerprint density at radius 3 is 2.67 bits per heavy atom. The average molecular weight is 202 g/mol. The molecule has 1 rings (SSSR count). The molecule has 0 aliphatic rings. The first-order valence-corrected chi connectivity index (χ1v) is 4.75. The number of carbonyl (C=O) groups excluding carboxylic acids is 1. The van der Waals surface area contributed by atoms with Crippen LogP contribution in [0.5, 0.6) is 0 Å². The summed E-state index contributed by atoms with van der Waals surface area (Å²) in [6, 6.07) is 9.95. The third-order valence-corrected chi connectivity index (χ3v) is 1.82. The van der Waals surface area contributed by atoms with Crippen molar-refractivity contribution >= 4 is 5.97 Å². The lowest BCUT2D eigenvalue weighted by Gasteiger charge is -1.97. The van der Waals surface area contributed by atoms with Crippen LogP contribution in [0.1, 0.15) is 12.5 Å². The Morgan fingerprint density at radius 1 is 1.40 bits per heavy atom. The Balaban J connectivity index is 2.35. The standard InChI is InChI=1S/C13H14O2/c1-11(2)13(14)15-10-6-9-12-7-4-3-5-8-12/h3-8,10H,1,9H2,2H3. The maximum atomic E-state index is 11.0. The quantitative estimate of drug-likeness (QED) is 0.426. The van der Waals surface area contributed by atoms with E-state index in [0.29, 0.717) is 5.57 Å². The number of benzene rings is 1. The number of rotatable bonds is 4. The van der Waals surface area contributed by atoms with Crippen molar-refractivity contribution in [1.29, 1.82) is 0 Å². The molecule has 0 fully saturated rings. The van der Waals surface area contributed by atoms with E-state index >= 15 is 0 Å². The maximum Gasteiger partial charge on any atom is 0.337 e. The van der Waals surface area contributed by atoms with Gasteiger partial charge in [0.15, 0.2) is 0 Å². The highest BCUT2D eigenvalue weighted by atomic mass is 16.5. The van der Waals surface area contributed by atoms with Crippen LogP contribution in [-0.2, 0) is 16.0 Å². The van der Waals surface area contributed by atoms with Crippen LogP contribution in [0.25, 0.3) is 0 Å². The third-order valence-electron chi connectivity index (χ3n) is 1.82. The molecule has 0 saturated carbocycles. The smallest absolute Gasteiger partial charge is 0.337 e. The van der Waals surface area contributed by atoms with Crippen LogP contribution < -0.4 is 0 Å². The van der Waals surface area contributed by atoms with Gasteiger partial charge in [-0.25, -0.2) is 4.79 Å². The first kappa shape index (κ1) is 11.2. The molecule has 0 atom stereocenters. The predicted octanol–water partition coefficient (Wildman–Crippen LogP) is 2.86. The number of esters is 1. The molecule has 0 saturated heterocycles. The Hall–Kier alpha value is -1.83. The van der Waals surface area contributed by atoms with E-state index in [0.717, 1.165) is 6.42 Å². The highest BCUT2D eigenvalue weighted by molar-refractivity contribution is 5.87. The van der Waals surface area contributed by atoms with E-state index in [4.69, 9.17) is 4.74 Å². The molecular formula is C13H14O2. The van der Waals surface area contributed by atoms with E-state index in [1.165, 1.54) is 11.8 Å².